The summed E-state index contributed by atoms with van der Waals surface area (Å²) in [6.07, 6.45) is 5.60. The van der Waals surface area contributed by atoms with E-state index >= 15 is 0 Å². The van der Waals surface area contributed by atoms with Crippen LogP contribution in [0.25, 0.3) is 0 Å². The lowest BCUT2D eigenvalue weighted by atomic mass is 10.1. The number of nitrogens with zero attached hydrogens (tertiary/aromatic N) is 3. The quantitative estimate of drug-likeness (QED) is 0.821. The van der Waals surface area contributed by atoms with Crippen LogP contribution >= 0.6 is 11.3 Å². The molecule has 2 aliphatic rings. The highest BCUT2D eigenvalue weighted by Gasteiger charge is 2.28. The summed E-state index contributed by atoms with van der Waals surface area (Å²) in [4.78, 5) is 9.66. The SMILES string of the molecule is c1nc(CN2CC[C@H](N3CCCCC3)C2)cs1. The van der Waals surface area contributed by atoms with Gasteiger partial charge in [0, 0.05) is 31.1 Å². The summed E-state index contributed by atoms with van der Waals surface area (Å²) in [5.41, 5.74) is 3.18. The molecule has 3 heterocycles. The normalized spacial score (nSPS) is 27.6. The molecule has 0 saturated carbocycles. The van der Waals surface area contributed by atoms with Crippen LogP contribution in [-0.4, -0.2) is 47.0 Å². The van der Waals surface area contributed by atoms with E-state index in [0.717, 1.165) is 12.6 Å². The number of piperidine rings is 1. The van der Waals surface area contributed by atoms with Crippen LogP contribution in [-0.2, 0) is 6.54 Å². The first-order chi connectivity index (χ1) is 8.42. The van der Waals surface area contributed by atoms with Gasteiger partial charge in [0.15, 0.2) is 0 Å². The second-order valence-electron chi connectivity index (χ2n) is 5.25. The van der Waals surface area contributed by atoms with Gasteiger partial charge in [-0.15, -0.1) is 11.3 Å². The van der Waals surface area contributed by atoms with Crippen LogP contribution in [0.15, 0.2) is 10.9 Å². The van der Waals surface area contributed by atoms with Crippen LogP contribution in [0.4, 0.5) is 0 Å². The molecule has 1 aromatic rings. The lowest BCUT2D eigenvalue weighted by Crippen LogP contribution is -2.40. The van der Waals surface area contributed by atoms with Crippen molar-refractivity contribution < 1.29 is 0 Å². The molecule has 4 heteroatoms. The molecule has 17 heavy (non-hydrogen) atoms. The second-order valence-corrected chi connectivity index (χ2v) is 5.97. The van der Waals surface area contributed by atoms with Gasteiger partial charge >= 0.3 is 0 Å². The van der Waals surface area contributed by atoms with Crippen molar-refractivity contribution in [3.8, 4) is 0 Å². The van der Waals surface area contributed by atoms with Gasteiger partial charge < -0.3 is 0 Å². The fraction of sp³-hybridized carbons (Fsp3) is 0.769. The summed E-state index contributed by atoms with van der Waals surface area (Å²) >= 11 is 1.70. The van der Waals surface area contributed by atoms with Gasteiger partial charge in [0.2, 0.25) is 0 Å². The molecule has 0 aliphatic carbocycles. The van der Waals surface area contributed by atoms with Gasteiger partial charge in [0.25, 0.3) is 0 Å². The van der Waals surface area contributed by atoms with Crippen molar-refractivity contribution in [3.05, 3.63) is 16.6 Å². The van der Waals surface area contributed by atoms with Crippen LogP contribution in [0.1, 0.15) is 31.4 Å². The van der Waals surface area contributed by atoms with E-state index in [1.54, 1.807) is 11.3 Å². The Morgan fingerprint density at radius 1 is 1.24 bits per heavy atom. The van der Waals surface area contributed by atoms with Gasteiger partial charge in [0.1, 0.15) is 0 Å². The fourth-order valence-corrected chi connectivity index (χ4v) is 3.63. The fourth-order valence-electron chi connectivity index (χ4n) is 3.08. The average molecular weight is 251 g/mol. The molecule has 0 amide bonds. The van der Waals surface area contributed by atoms with Crippen LogP contribution in [0, 0.1) is 0 Å². The van der Waals surface area contributed by atoms with Crippen molar-refractivity contribution >= 4 is 11.3 Å². The number of thiazole rings is 1. The van der Waals surface area contributed by atoms with Gasteiger partial charge in [-0.1, -0.05) is 6.42 Å². The average Bonchev–Trinajstić information content (AvgIpc) is 3.02. The Morgan fingerprint density at radius 3 is 2.88 bits per heavy atom. The Balaban J connectivity index is 1.51. The Morgan fingerprint density at radius 2 is 2.12 bits per heavy atom. The highest BCUT2D eigenvalue weighted by atomic mass is 32.1. The van der Waals surface area contributed by atoms with Crippen molar-refractivity contribution in [2.45, 2.75) is 38.3 Å². The molecule has 3 nitrogen and oxygen atoms in total. The predicted octanol–water partition coefficient (Wildman–Crippen LogP) is 2.20. The van der Waals surface area contributed by atoms with Crippen molar-refractivity contribution in [3.63, 3.8) is 0 Å². The molecule has 0 spiro atoms. The molecule has 94 valence electrons. The number of hydrogen-bond donors (Lipinski definition) is 0. The molecule has 0 bridgehead atoms. The summed E-state index contributed by atoms with van der Waals surface area (Å²) in [5.74, 6) is 0. The summed E-state index contributed by atoms with van der Waals surface area (Å²) in [5, 5.41) is 2.17. The maximum Gasteiger partial charge on any atom is 0.0795 e. The molecule has 1 aromatic heterocycles. The molecule has 0 unspecified atom stereocenters. The lowest BCUT2D eigenvalue weighted by Gasteiger charge is -2.32. The molecule has 3 rings (SSSR count). The lowest BCUT2D eigenvalue weighted by molar-refractivity contribution is 0.161. The third-order valence-corrected chi connectivity index (χ3v) is 4.66. The van der Waals surface area contributed by atoms with Crippen LogP contribution in [0.3, 0.4) is 0 Å². The minimum atomic E-state index is 0.814. The van der Waals surface area contributed by atoms with Crippen LogP contribution in [0.2, 0.25) is 0 Å². The first-order valence-corrected chi connectivity index (χ1v) is 7.69. The van der Waals surface area contributed by atoms with Gasteiger partial charge in [-0.2, -0.15) is 0 Å². The highest BCUT2D eigenvalue weighted by molar-refractivity contribution is 7.07. The topological polar surface area (TPSA) is 19.4 Å². The molecule has 0 aromatic carbocycles. The maximum absolute atomic E-state index is 4.38. The van der Waals surface area contributed by atoms with Crippen molar-refractivity contribution in [2.24, 2.45) is 0 Å². The van der Waals surface area contributed by atoms with E-state index in [2.05, 4.69) is 20.2 Å². The van der Waals surface area contributed by atoms with Gasteiger partial charge in [0.05, 0.1) is 11.2 Å². The Labute approximate surface area is 107 Å². The second kappa shape index (κ2) is 5.46. The molecular weight excluding hydrogens is 230 g/mol. The Kier molecular flexibility index (Phi) is 3.74. The highest BCUT2D eigenvalue weighted by Crippen LogP contribution is 2.21. The van der Waals surface area contributed by atoms with E-state index in [1.807, 2.05) is 5.51 Å². The van der Waals surface area contributed by atoms with Crippen molar-refractivity contribution in [1.82, 2.24) is 14.8 Å². The zero-order valence-corrected chi connectivity index (χ0v) is 11.2. The van der Waals surface area contributed by atoms with Gasteiger partial charge in [-0.05, 0) is 32.4 Å². The number of aromatic nitrogens is 1. The van der Waals surface area contributed by atoms with E-state index in [-0.39, 0.29) is 0 Å². The third-order valence-electron chi connectivity index (χ3n) is 4.02. The number of likely N-dealkylation sites (tertiary alicyclic amines) is 2. The summed E-state index contributed by atoms with van der Waals surface area (Å²) in [6, 6.07) is 0.814. The minimum Gasteiger partial charge on any atom is -0.299 e. The standard InChI is InChI=1S/C13H21N3S/c1-2-5-16(6-3-1)13-4-7-15(9-13)8-12-10-17-11-14-12/h10-11,13H,1-9H2/t13-/m0/s1. The molecule has 2 aliphatic heterocycles. The molecule has 0 radical (unpaired) electrons. The van der Waals surface area contributed by atoms with E-state index in [9.17, 15) is 0 Å². The van der Waals surface area contributed by atoms with E-state index in [4.69, 9.17) is 0 Å². The third kappa shape index (κ3) is 2.87. The first-order valence-electron chi connectivity index (χ1n) is 6.75. The van der Waals surface area contributed by atoms with E-state index in [0.29, 0.717) is 0 Å². The maximum atomic E-state index is 4.38. The van der Waals surface area contributed by atoms with E-state index in [1.165, 1.54) is 57.6 Å². The monoisotopic (exact) mass is 251 g/mol. The smallest absolute Gasteiger partial charge is 0.0795 e. The van der Waals surface area contributed by atoms with Gasteiger partial charge in [-0.3, -0.25) is 9.80 Å². The van der Waals surface area contributed by atoms with Crippen LogP contribution in [0.5, 0.6) is 0 Å². The Bertz CT molecular complexity index is 332. The van der Waals surface area contributed by atoms with Gasteiger partial charge in [-0.25, -0.2) is 4.98 Å². The summed E-state index contributed by atoms with van der Waals surface area (Å²) in [7, 11) is 0. The Hall–Kier alpha value is -0.450. The zero-order chi connectivity index (χ0) is 11.5. The summed E-state index contributed by atoms with van der Waals surface area (Å²) in [6.45, 7) is 6.20. The summed E-state index contributed by atoms with van der Waals surface area (Å²) < 4.78 is 0. The minimum absolute atomic E-state index is 0.814. The molecule has 2 fully saturated rings. The first kappa shape index (κ1) is 11.6. The van der Waals surface area contributed by atoms with Crippen molar-refractivity contribution in [1.29, 1.82) is 0 Å². The van der Waals surface area contributed by atoms with Crippen LogP contribution < -0.4 is 0 Å². The molecule has 0 N–H and O–H groups in total. The number of hydrogen-bond acceptors (Lipinski definition) is 4. The molecule has 1 atom stereocenters. The predicted molar refractivity (Wildman–Crippen MR) is 71.2 cm³/mol. The zero-order valence-electron chi connectivity index (χ0n) is 10.3. The van der Waals surface area contributed by atoms with Crippen molar-refractivity contribution in [2.75, 3.05) is 26.2 Å². The van der Waals surface area contributed by atoms with E-state index < -0.39 is 0 Å². The largest absolute Gasteiger partial charge is 0.299 e. The molecule has 2 saturated heterocycles. The molecular formula is C13H21N3S. The number of rotatable bonds is 3.